The van der Waals surface area contributed by atoms with Crippen LogP contribution in [0.2, 0.25) is 5.02 Å². The van der Waals surface area contributed by atoms with Crippen molar-refractivity contribution in [2.24, 2.45) is 0 Å². The topological polar surface area (TPSA) is 121 Å². The van der Waals surface area contributed by atoms with Crippen LogP contribution < -0.4 is 5.32 Å². The van der Waals surface area contributed by atoms with Gasteiger partial charge in [-0.1, -0.05) is 35.9 Å². The van der Waals surface area contributed by atoms with Gasteiger partial charge in [0, 0.05) is 22.3 Å². The lowest BCUT2D eigenvalue weighted by molar-refractivity contribution is -0.143. The van der Waals surface area contributed by atoms with Crippen LogP contribution in [0.3, 0.4) is 0 Å². The van der Waals surface area contributed by atoms with Gasteiger partial charge in [0.2, 0.25) is 0 Å². The molecule has 0 aliphatic carbocycles. The Morgan fingerprint density at radius 2 is 1.57 bits per heavy atom. The average Bonchev–Trinajstić information content (AvgIpc) is 3.15. The summed E-state index contributed by atoms with van der Waals surface area (Å²) in [4.78, 5) is 20.5. The van der Waals surface area contributed by atoms with E-state index >= 15 is 0 Å². The minimum Gasteiger partial charge on any atom is -0.481 e. The summed E-state index contributed by atoms with van der Waals surface area (Å²) in [6.45, 7) is 1.87. The van der Waals surface area contributed by atoms with Gasteiger partial charge >= 0.3 is 11.9 Å². The predicted molar refractivity (Wildman–Crippen MR) is 149 cm³/mol. The van der Waals surface area contributed by atoms with Gasteiger partial charge in [0.1, 0.15) is 11.6 Å². The van der Waals surface area contributed by atoms with Crippen LogP contribution in [0.4, 0.5) is 8.78 Å². The molecule has 1 aliphatic rings. The molecule has 3 aromatic rings. The molecular formula is C28H28ClF2NO6S2. The highest BCUT2D eigenvalue weighted by Crippen LogP contribution is 2.36. The SMILES string of the molecule is O=C(O)CCC(=O)O.O=S(=O)(Cc1ccc(F)cc1F)c1ccc(CSc2c(Cl)ccc3c2CCNCC3)cc1. The molecule has 12 heteroatoms. The number of hydrogen-bond acceptors (Lipinski definition) is 6. The molecule has 1 aliphatic heterocycles. The monoisotopic (exact) mass is 611 g/mol. The third-order valence-electron chi connectivity index (χ3n) is 6.01. The van der Waals surface area contributed by atoms with Crippen molar-refractivity contribution < 1.29 is 37.0 Å². The molecule has 0 atom stereocenters. The predicted octanol–water partition coefficient (Wildman–Crippen LogP) is 5.51. The van der Waals surface area contributed by atoms with Crippen molar-refractivity contribution in [1.82, 2.24) is 5.32 Å². The minimum absolute atomic E-state index is 0.0556. The maximum absolute atomic E-state index is 13.9. The van der Waals surface area contributed by atoms with Crippen LogP contribution in [-0.4, -0.2) is 43.7 Å². The van der Waals surface area contributed by atoms with Gasteiger partial charge in [-0.15, -0.1) is 11.8 Å². The number of rotatable bonds is 9. The molecule has 0 aromatic heterocycles. The summed E-state index contributed by atoms with van der Waals surface area (Å²) in [7, 11) is -3.75. The number of carbonyl (C=O) groups is 2. The number of carboxylic acid groups (broad SMARTS) is 2. The number of thioether (sulfide) groups is 1. The van der Waals surface area contributed by atoms with E-state index in [1.54, 1.807) is 23.9 Å². The number of aliphatic carboxylic acids is 2. The molecule has 7 nitrogen and oxygen atoms in total. The normalized spacial score (nSPS) is 13.0. The van der Waals surface area contributed by atoms with E-state index < -0.39 is 39.2 Å². The van der Waals surface area contributed by atoms with E-state index in [0.717, 1.165) is 53.5 Å². The Morgan fingerprint density at radius 1 is 0.925 bits per heavy atom. The van der Waals surface area contributed by atoms with Crippen LogP contribution in [0, 0.1) is 11.6 Å². The number of carboxylic acids is 2. The Hall–Kier alpha value is -2.99. The quantitative estimate of drug-likeness (QED) is 0.271. The minimum atomic E-state index is -3.75. The third-order valence-corrected chi connectivity index (χ3v) is 9.35. The van der Waals surface area contributed by atoms with Crippen LogP contribution in [-0.2, 0) is 43.8 Å². The summed E-state index contributed by atoms with van der Waals surface area (Å²) < 4.78 is 52.3. The molecule has 0 amide bonds. The zero-order valence-corrected chi connectivity index (χ0v) is 23.7. The highest BCUT2D eigenvalue weighted by atomic mass is 35.5. The zero-order chi connectivity index (χ0) is 29.3. The zero-order valence-electron chi connectivity index (χ0n) is 21.3. The van der Waals surface area contributed by atoms with E-state index in [0.29, 0.717) is 11.8 Å². The molecule has 0 unspecified atom stereocenters. The summed E-state index contributed by atoms with van der Waals surface area (Å²) >= 11 is 8.14. The molecule has 0 saturated carbocycles. The molecule has 3 aromatic carbocycles. The molecule has 1 heterocycles. The van der Waals surface area contributed by atoms with Crippen LogP contribution in [0.25, 0.3) is 0 Å². The highest BCUT2D eigenvalue weighted by Gasteiger charge is 2.19. The number of hydrogen-bond donors (Lipinski definition) is 3. The van der Waals surface area contributed by atoms with E-state index in [-0.39, 0.29) is 23.3 Å². The molecule has 40 heavy (non-hydrogen) atoms. The van der Waals surface area contributed by atoms with Crippen molar-refractivity contribution >= 4 is 45.1 Å². The number of nitrogens with one attached hydrogen (secondary N) is 1. The molecule has 0 fully saturated rings. The Kier molecular flexibility index (Phi) is 11.5. The van der Waals surface area contributed by atoms with Gasteiger partial charge in [0.15, 0.2) is 9.84 Å². The number of benzene rings is 3. The van der Waals surface area contributed by atoms with Crippen molar-refractivity contribution in [3.8, 4) is 0 Å². The average molecular weight is 612 g/mol. The van der Waals surface area contributed by atoms with Gasteiger partial charge in [-0.3, -0.25) is 9.59 Å². The summed E-state index contributed by atoms with van der Waals surface area (Å²) in [6.07, 6.45) is 1.31. The van der Waals surface area contributed by atoms with E-state index in [2.05, 4.69) is 11.4 Å². The van der Waals surface area contributed by atoms with E-state index in [1.807, 2.05) is 6.07 Å². The number of fused-ring (bicyclic) bond motifs is 1. The fourth-order valence-corrected chi connectivity index (χ4v) is 6.77. The fraction of sp³-hybridized carbons (Fsp3) is 0.286. The van der Waals surface area contributed by atoms with Crippen LogP contribution in [0.15, 0.2) is 64.4 Å². The third kappa shape index (κ3) is 9.29. The lowest BCUT2D eigenvalue weighted by Gasteiger charge is -2.14. The van der Waals surface area contributed by atoms with E-state index in [1.165, 1.54) is 23.3 Å². The van der Waals surface area contributed by atoms with Gasteiger partial charge in [-0.2, -0.15) is 0 Å². The number of halogens is 3. The van der Waals surface area contributed by atoms with Crippen LogP contribution in [0.5, 0.6) is 0 Å². The lowest BCUT2D eigenvalue weighted by Crippen LogP contribution is -2.16. The van der Waals surface area contributed by atoms with E-state index in [4.69, 9.17) is 21.8 Å². The molecule has 0 bridgehead atoms. The smallest absolute Gasteiger partial charge is 0.303 e. The molecule has 0 radical (unpaired) electrons. The highest BCUT2D eigenvalue weighted by molar-refractivity contribution is 7.98. The van der Waals surface area contributed by atoms with Crippen LogP contribution >= 0.6 is 23.4 Å². The van der Waals surface area contributed by atoms with Crippen molar-refractivity contribution in [1.29, 1.82) is 0 Å². The standard InChI is InChI=1S/C24H22ClF2NO2S2.C4H6O4/c25-22-8-4-17-9-11-28-12-10-21(17)24(22)31-14-16-1-6-20(7-2-16)32(29,30)15-18-3-5-19(26)13-23(18)27;5-3(6)1-2-4(7)8/h1-8,13,28H,9-12,14-15H2;1-2H2,(H,5,6)(H,7,8). The Balaban J connectivity index is 0.000000482. The Morgan fingerprint density at radius 3 is 2.20 bits per heavy atom. The van der Waals surface area contributed by atoms with Gasteiger partial charge in [-0.05, 0) is 66.9 Å². The molecule has 4 rings (SSSR count). The first-order valence-corrected chi connectivity index (χ1v) is 15.3. The van der Waals surface area contributed by atoms with E-state index in [9.17, 15) is 26.8 Å². The largest absolute Gasteiger partial charge is 0.481 e. The Labute approximate surface area is 240 Å². The van der Waals surface area contributed by atoms with Crippen molar-refractivity contribution in [3.63, 3.8) is 0 Å². The fourth-order valence-electron chi connectivity index (χ4n) is 3.95. The molecule has 214 valence electrons. The Bertz CT molecular complexity index is 1450. The second-order valence-electron chi connectivity index (χ2n) is 8.98. The van der Waals surface area contributed by atoms with Crippen molar-refractivity contribution in [3.05, 3.63) is 93.5 Å². The molecule has 0 saturated heterocycles. The van der Waals surface area contributed by atoms with Gasteiger partial charge in [-0.25, -0.2) is 17.2 Å². The van der Waals surface area contributed by atoms with Gasteiger partial charge < -0.3 is 15.5 Å². The second kappa shape index (κ2) is 14.6. The van der Waals surface area contributed by atoms with Crippen molar-refractivity contribution in [2.45, 2.75) is 47.0 Å². The maximum Gasteiger partial charge on any atom is 0.303 e. The first-order valence-electron chi connectivity index (χ1n) is 12.3. The number of sulfone groups is 1. The van der Waals surface area contributed by atoms with Gasteiger partial charge in [0.25, 0.3) is 0 Å². The summed E-state index contributed by atoms with van der Waals surface area (Å²) in [6, 6.07) is 13.5. The summed E-state index contributed by atoms with van der Waals surface area (Å²) in [5.41, 5.74) is 3.51. The first kappa shape index (κ1) is 31.5. The summed E-state index contributed by atoms with van der Waals surface area (Å²) in [5, 5.41) is 19.9. The summed E-state index contributed by atoms with van der Waals surface area (Å²) in [5.74, 6) is -3.63. The molecule has 0 spiro atoms. The lowest BCUT2D eigenvalue weighted by atomic mass is 10.0. The first-order chi connectivity index (χ1) is 19.0. The van der Waals surface area contributed by atoms with Crippen molar-refractivity contribution in [2.75, 3.05) is 13.1 Å². The molecular weight excluding hydrogens is 584 g/mol. The van der Waals surface area contributed by atoms with Gasteiger partial charge in [0.05, 0.1) is 28.5 Å². The molecule has 3 N–H and O–H groups in total. The maximum atomic E-state index is 13.9. The second-order valence-corrected chi connectivity index (χ2v) is 12.4. The van der Waals surface area contributed by atoms with Crippen LogP contribution in [0.1, 0.15) is 35.1 Å².